The van der Waals surface area contributed by atoms with Gasteiger partial charge in [0.2, 0.25) is 0 Å². The van der Waals surface area contributed by atoms with Gasteiger partial charge in [-0.3, -0.25) is 4.79 Å². The third-order valence-electron chi connectivity index (χ3n) is 3.38. The van der Waals surface area contributed by atoms with E-state index in [9.17, 15) is 4.79 Å². The summed E-state index contributed by atoms with van der Waals surface area (Å²) in [7, 11) is 0. The smallest absolute Gasteiger partial charge is 0.256 e. The van der Waals surface area contributed by atoms with Crippen LogP contribution in [0.4, 0.5) is 0 Å². The van der Waals surface area contributed by atoms with Gasteiger partial charge in [0.25, 0.3) is 5.56 Å². The summed E-state index contributed by atoms with van der Waals surface area (Å²) in [6.07, 6.45) is 3.46. The van der Waals surface area contributed by atoms with Gasteiger partial charge >= 0.3 is 0 Å². The Morgan fingerprint density at radius 1 is 1.18 bits per heavy atom. The van der Waals surface area contributed by atoms with Crippen LogP contribution in [0.1, 0.15) is 19.4 Å². The maximum atomic E-state index is 12.2. The minimum absolute atomic E-state index is 0.0488. The van der Waals surface area contributed by atoms with E-state index in [-0.39, 0.29) is 11.7 Å². The van der Waals surface area contributed by atoms with Crippen LogP contribution < -0.4 is 10.3 Å². The summed E-state index contributed by atoms with van der Waals surface area (Å²) >= 11 is 0. The van der Waals surface area contributed by atoms with Gasteiger partial charge in [-0.05, 0) is 56.2 Å². The zero-order valence-electron chi connectivity index (χ0n) is 12.8. The molecule has 2 aromatic heterocycles. The lowest BCUT2D eigenvalue weighted by Gasteiger charge is -2.14. The molecule has 0 amide bonds. The first-order valence-electron chi connectivity index (χ1n) is 7.18. The van der Waals surface area contributed by atoms with Crippen LogP contribution >= 0.6 is 0 Å². The van der Waals surface area contributed by atoms with Crippen molar-refractivity contribution in [3.05, 3.63) is 52.6 Å². The normalized spacial score (nSPS) is 11.1. The Morgan fingerprint density at radius 2 is 1.91 bits per heavy atom. The second-order valence-electron chi connectivity index (χ2n) is 5.51. The molecule has 2 N–H and O–H groups in total. The van der Waals surface area contributed by atoms with Crippen molar-refractivity contribution in [1.82, 2.24) is 10.1 Å². The van der Waals surface area contributed by atoms with Crippen LogP contribution in [0, 0.1) is 6.92 Å². The fourth-order valence-electron chi connectivity index (χ4n) is 2.42. The summed E-state index contributed by atoms with van der Waals surface area (Å²) in [5.74, 6) is 1.43. The predicted octanol–water partition coefficient (Wildman–Crippen LogP) is 3.73. The summed E-state index contributed by atoms with van der Waals surface area (Å²) in [6, 6.07) is 7.60. The molecule has 0 saturated heterocycles. The minimum Gasteiger partial charge on any atom is -0.491 e. The van der Waals surface area contributed by atoms with Gasteiger partial charge in [-0.25, -0.2) is 5.16 Å². The van der Waals surface area contributed by atoms with Gasteiger partial charge in [-0.2, -0.15) is 0 Å². The number of aromatic amines is 2. The first-order valence-corrected chi connectivity index (χ1v) is 7.18. The van der Waals surface area contributed by atoms with E-state index >= 15 is 0 Å². The number of benzene rings is 1. The average molecular weight is 298 g/mol. The molecule has 0 atom stereocenters. The number of hydrogen-bond acceptors (Lipinski definition) is 3. The molecule has 0 bridgehead atoms. The first kappa shape index (κ1) is 14.3. The van der Waals surface area contributed by atoms with Gasteiger partial charge in [-0.15, -0.1) is 0 Å². The van der Waals surface area contributed by atoms with E-state index in [4.69, 9.17) is 9.26 Å². The van der Waals surface area contributed by atoms with Crippen molar-refractivity contribution in [3.8, 4) is 28.2 Å². The van der Waals surface area contributed by atoms with Gasteiger partial charge in [0, 0.05) is 11.8 Å². The number of aromatic nitrogens is 2. The number of nitrogens with one attached hydrogen (secondary N) is 2. The van der Waals surface area contributed by atoms with Crippen molar-refractivity contribution >= 4 is 0 Å². The summed E-state index contributed by atoms with van der Waals surface area (Å²) in [4.78, 5) is 14.9. The van der Waals surface area contributed by atoms with Crippen molar-refractivity contribution in [2.75, 3.05) is 0 Å². The van der Waals surface area contributed by atoms with Crippen LogP contribution in [0.5, 0.6) is 5.75 Å². The number of ether oxygens (including phenoxy) is 1. The Kier molecular flexibility index (Phi) is 3.63. The topological polar surface area (TPSA) is 71.0 Å². The van der Waals surface area contributed by atoms with E-state index in [1.807, 2.05) is 45.0 Å². The monoisotopic (exact) mass is 298 g/mol. The van der Waals surface area contributed by atoms with Gasteiger partial charge in [0.1, 0.15) is 5.75 Å². The molecule has 5 nitrogen and oxygen atoms in total. The second-order valence-corrected chi connectivity index (χ2v) is 5.51. The van der Waals surface area contributed by atoms with Crippen LogP contribution in [-0.4, -0.2) is 16.2 Å². The van der Waals surface area contributed by atoms with E-state index in [2.05, 4.69) is 10.1 Å². The van der Waals surface area contributed by atoms with Gasteiger partial charge in [-0.1, -0.05) is 0 Å². The van der Waals surface area contributed by atoms with E-state index in [1.54, 1.807) is 12.4 Å². The Labute approximate surface area is 127 Å². The largest absolute Gasteiger partial charge is 0.491 e. The summed E-state index contributed by atoms with van der Waals surface area (Å²) in [5, 5.41) is 2.63. The van der Waals surface area contributed by atoms with Gasteiger partial charge < -0.3 is 14.2 Å². The molecule has 5 heteroatoms. The second kappa shape index (κ2) is 5.60. The lowest BCUT2D eigenvalue weighted by molar-refractivity contribution is 0.242. The van der Waals surface area contributed by atoms with E-state index in [0.29, 0.717) is 11.3 Å². The number of rotatable bonds is 4. The Bertz CT molecular complexity index is 830. The highest BCUT2D eigenvalue weighted by Gasteiger charge is 2.13. The van der Waals surface area contributed by atoms with Crippen molar-refractivity contribution in [2.45, 2.75) is 26.9 Å². The van der Waals surface area contributed by atoms with Crippen molar-refractivity contribution in [1.29, 1.82) is 0 Å². The van der Waals surface area contributed by atoms with Crippen LogP contribution in [0.25, 0.3) is 22.5 Å². The zero-order chi connectivity index (χ0) is 15.7. The third kappa shape index (κ3) is 2.70. The van der Waals surface area contributed by atoms with Crippen molar-refractivity contribution in [2.24, 2.45) is 0 Å². The molecule has 0 unspecified atom stereocenters. The average Bonchev–Trinajstić information content (AvgIpc) is 2.35. The summed E-state index contributed by atoms with van der Waals surface area (Å²) in [5.41, 5.74) is 3.12. The van der Waals surface area contributed by atoms with Crippen LogP contribution in [-0.2, 0) is 0 Å². The highest BCUT2D eigenvalue weighted by Crippen LogP contribution is 2.32. The Hall–Kier alpha value is -2.69. The molecule has 0 saturated carbocycles. The summed E-state index contributed by atoms with van der Waals surface area (Å²) in [6.45, 7) is 5.85. The van der Waals surface area contributed by atoms with Crippen LogP contribution in [0.2, 0.25) is 0 Å². The molecule has 0 radical (unpaired) electrons. The fourth-order valence-corrected chi connectivity index (χ4v) is 2.42. The number of aryl methyl sites for hydroxylation is 1. The van der Waals surface area contributed by atoms with Crippen molar-refractivity contribution < 1.29 is 9.26 Å². The maximum Gasteiger partial charge on any atom is 0.256 e. The van der Waals surface area contributed by atoms with Crippen LogP contribution in [0.3, 0.4) is 0 Å². The van der Waals surface area contributed by atoms with Crippen molar-refractivity contribution in [3.63, 3.8) is 0 Å². The third-order valence-corrected chi connectivity index (χ3v) is 3.38. The standard InChI is InChI=1S/C17H18N2O3/c1-10(2)21-14-7-12(15-9-19-22-15)6-13(8-14)16-11(3)4-5-18-17(16)20/h4-10,19H,1-3H3,(H,18,20). The number of hydrogen-bond donors (Lipinski definition) is 2. The first-order chi connectivity index (χ1) is 10.5. The molecule has 3 aromatic rings. The molecule has 3 rings (SSSR count). The van der Waals surface area contributed by atoms with E-state index in [0.717, 1.165) is 22.5 Å². The predicted molar refractivity (Wildman–Crippen MR) is 85.1 cm³/mol. The molecular weight excluding hydrogens is 280 g/mol. The van der Waals surface area contributed by atoms with Gasteiger partial charge in [0.05, 0.1) is 17.9 Å². The molecule has 0 spiro atoms. The quantitative estimate of drug-likeness (QED) is 0.771. The summed E-state index contributed by atoms with van der Waals surface area (Å²) < 4.78 is 11.0. The lowest BCUT2D eigenvalue weighted by Crippen LogP contribution is -2.10. The minimum atomic E-state index is -0.116. The molecule has 0 aliphatic carbocycles. The highest BCUT2D eigenvalue weighted by molar-refractivity contribution is 5.74. The molecule has 22 heavy (non-hydrogen) atoms. The molecule has 0 fully saturated rings. The molecule has 0 aliphatic rings. The maximum absolute atomic E-state index is 12.2. The SMILES string of the molecule is Cc1cc[nH]c(=O)c1-c1cc(OC(C)C)cc(-c2c[nH]o2)c1. The zero-order valence-corrected chi connectivity index (χ0v) is 12.8. The molecule has 2 heterocycles. The number of H-pyrrole nitrogens is 2. The lowest BCUT2D eigenvalue weighted by atomic mass is 9.99. The Balaban J connectivity index is 2.17. The van der Waals surface area contributed by atoms with Crippen LogP contribution in [0.15, 0.2) is 46.0 Å². The molecule has 114 valence electrons. The highest BCUT2D eigenvalue weighted by atomic mass is 16.5. The van der Waals surface area contributed by atoms with E-state index < -0.39 is 0 Å². The fraction of sp³-hybridized carbons (Fsp3) is 0.235. The Morgan fingerprint density at radius 3 is 2.50 bits per heavy atom. The molecular formula is C17H18N2O3. The van der Waals surface area contributed by atoms with Gasteiger partial charge in [0.15, 0.2) is 5.76 Å². The molecule has 1 aromatic carbocycles. The number of pyridine rings is 1. The molecule has 0 aliphatic heterocycles. The van der Waals surface area contributed by atoms with E-state index in [1.165, 1.54) is 0 Å².